The van der Waals surface area contributed by atoms with E-state index in [1.807, 2.05) is 30.3 Å². The predicted octanol–water partition coefficient (Wildman–Crippen LogP) is 2.39. The molecule has 0 aromatic heterocycles. The van der Waals surface area contributed by atoms with Gasteiger partial charge in [0.25, 0.3) is 0 Å². The smallest absolute Gasteiger partial charge is 0.0716 e. The molecule has 1 aromatic rings. The quantitative estimate of drug-likeness (QED) is 0.774. The van der Waals surface area contributed by atoms with Crippen molar-refractivity contribution in [3.63, 3.8) is 0 Å². The lowest BCUT2D eigenvalue weighted by molar-refractivity contribution is 0.188. The maximum atomic E-state index is 9.82. The molecule has 0 aliphatic carbocycles. The highest BCUT2D eigenvalue weighted by Gasteiger charge is 2.16. The van der Waals surface area contributed by atoms with Gasteiger partial charge in [-0.25, -0.2) is 0 Å². The van der Waals surface area contributed by atoms with E-state index in [9.17, 15) is 5.11 Å². The predicted molar refractivity (Wildman–Crippen MR) is 67.9 cm³/mol. The van der Waals surface area contributed by atoms with Crippen LogP contribution in [0.3, 0.4) is 0 Å². The molecule has 1 radical (unpaired) electrons. The van der Waals surface area contributed by atoms with Crippen molar-refractivity contribution in [1.29, 1.82) is 0 Å². The summed E-state index contributed by atoms with van der Waals surface area (Å²) < 4.78 is 7.74. The van der Waals surface area contributed by atoms with E-state index in [0.29, 0.717) is 18.4 Å². The molecule has 0 saturated carbocycles. The Balaban J connectivity index is 2.64. The van der Waals surface area contributed by atoms with Gasteiger partial charge < -0.3 is 10.4 Å². The van der Waals surface area contributed by atoms with Crippen LogP contribution in [0.15, 0.2) is 30.3 Å². The van der Waals surface area contributed by atoms with Crippen LogP contribution in [0.5, 0.6) is 0 Å². The molecule has 0 unspecified atom stereocenters. The molecule has 0 aliphatic rings. The van der Waals surface area contributed by atoms with Crippen molar-refractivity contribution in [3.8, 4) is 0 Å². The van der Waals surface area contributed by atoms with Crippen LogP contribution in [0, 0.1) is 12.0 Å². The molecular weight excluding hydrogens is 198 g/mol. The van der Waals surface area contributed by atoms with E-state index in [1.54, 1.807) is 0 Å². The summed E-state index contributed by atoms with van der Waals surface area (Å²) >= 11 is 0. The zero-order chi connectivity index (χ0) is 12.9. The van der Waals surface area contributed by atoms with Crippen molar-refractivity contribution in [2.75, 3.05) is 6.54 Å². The van der Waals surface area contributed by atoms with Crippen LogP contribution in [-0.4, -0.2) is 17.7 Å². The molecule has 0 saturated heterocycles. The lowest BCUT2D eigenvalue weighted by Crippen LogP contribution is -2.34. The third-order valence-corrected chi connectivity index (χ3v) is 2.38. The van der Waals surface area contributed by atoms with Gasteiger partial charge in [0.2, 0.25) is 0 Å². The van der Waals surface area contributed by atoms with Crippen LogP contribution >= 0.6 is 0 Å². The van der Waals surface area contributed by atoms with Crippen LogP contribution < -0.4 is 5.32 Å². The molecule has 1 aromatic carbocycles. The van der Waals surface area contributed by atoms with Gasteiger partial charge in [-0.2, -0.15) is 0 Å². The van der Waals surface area contributed by atoms with Crippen LogP contribution in [0.1, 0.15) is 27.7 Å². The maximum Gasteiger partial charge on any atom is 0.0716 e. The summed E-state index contributed by atoms with van der Waals surface area (Å²) in [5.41, 5.74) is 1.10. The van der Waals surface area contributed by atoms with E-state index < -0.39 is 6.08 Å². The summed E-state index contributed by atoms with van der Waals surface area (Å²) in [6.07, 6.45) is -0.950. The summed E-state index contributed by atoms with van der Waals surface area (Å²) in [5, 5.41) is 13.0. The van der Waals surface area contributed by atoms with E-state index >= 15 is 0 Å². The minimum absolute atomic E-state index is 0.489. The fourth-order valence-corrected chi connectivity index (χ4v) is 1.45. The summed E-state index contributed by atoms with van der Waals surface area (Å²) in [6, 6.07) is 10.6. The fraction of sp³-hybridized carbons (Fsp3) is 0.500. The zero-order valence-corrected chi connectivity index (χ0v) is 10.3. The van der Waals surface area contributed by atoms with Crippen molar-refractivity contribution >= 4 is 0 Å². The van der Waals surface area contributed by atoms with Gasteiger partial charge >= 0.3 is 0 Å². The van der Waals surface area contributed by atoms with E-state index in [4.69, 9.17) is 1.37 Å². The Kier molecular flexibility index (Phi) is 4.84. The monoisotopic (exact) mass is 222 g/mol. The molecule has 2 heteroatoms. The Hall–Kier alpha value is -0.860. The van der Waals surface area contributed by atoms with Crippen molar-refractivity contribution in [3.05, 3.63) is 41.9 Å². The second-order valence-electron chi connectivity index (χ2n) is 4.50. The zero-order valence-electron chi connectivity index (χ0n) is 11.3. The number of hydrogen-bond acceptors (Lipinski definition) is 2. The van der Waals surface area contributed by atoms with Gasteiger partial charge in [-0.3, -0.25) is 0 Å². The van der Waals surface area contributed by atoms with Crippen molar-refractivity contribution in [2.24, 2.45) is 5.92 Å². The largest absolute Gasteiger partial charge is 0.391 e. The molecule has 0 spiro atoms. The molecule has 2 nitrogen and oxygen atoms in total. The Bertz CT molecular complexity index is 319. The van der Waals surface area contributed by atoms with Crippen LogP contribution in [-0.2, 0) is 6.42 Å². The van der Waals surface area contributed by atoms with Gasteiger partial charge in [0.05, 0.1) is 13.5 Å². The molecule has 16 heavy (non-hydrogen) atoms. The number of nitrogens with one attached hydrogen (secondary N) is 1. The molecule has 0 bridgehead atoms. The molecule has 2 N–H and O–H groups in total. The highest BCUT2D eigenvalue weighted by molar-refractivity contribution is 5.19. The first kappa shape index (κ1) is 11.6. The first-order chi connectivity index (χ1) is 7.89. The third-order valence-electron chi connectivity index (χ3n) is 2.38. The number of benzene rings is 1. The summed E-state index contributed by atoms with van der Waals surface area (Å²) in [7, 11) is 0. The highest BCUT2D eigenvalue weighted by atomic mass is 16.3. The van der Waals surface area contributed by atoms with Gasteiger partial charge in [0, 0.05) is 0 Å². The average Bonchev–Trinajstić information content (AvgIpc) is 2.23. The molecule has 0 fully saturated rings. The van der Waals surface area contributed by atoms with Crippen molar-refractivity contribution in [1.82, 2.24) is 5.32 Å². The Morgan fingerprint density at radius 1 is 1.31 bits per heavy atom. The van der Waals surface area contributed by atoms with Crippen molar-refractivity contribution in [2.45, 2.75) is 33.3 Å². The first-order valence-electron chi connectivity index (χ1n) is 6.26. The third kappa shape index (κ3) is 4.77. The minimum Gasteiger partial charge on any atom is -0.391 e. The van der Waals surface area contributed by atoms with E-state index in [1.165, 1.54) is 6.92 Å². The van der Waals surface area contributed by atoms with Gasteiger partial charge in [0.1, 0.15) is 0 Å². The molecule has 0 heterocycles. The standard InChI is InChI=1S/C14H22NO/c1-11(2)10-15-14(12(3)16)9-13-7-5-4-6-8-13/h4-8,11-12,15-16H,9-10H2,1-3H3/t12-/m0/s1/i12T. The van der Waals surface area contributed by atoms with Crippen LogP contribution in [0.25, 0.3) is 0 Å². The number of rotatable bonds is 6. The highest BCUT2D eigenvalue weighted by Crippen LogP contribution is 2.12. The Morgan fingerprint density at radius 3 is 2.44 bits per heavy atom. The molecule has 1 atom stereocenters. The first-order valence-corrected chi connectivity index (χ1v) is 5.76. The fourth-order valence-electron chi connectivity index (χ4n) is 1.45. The van der Waals surface area contributed by atoms with Crippen LogP contribution in [0.2, 0.25) is 0 Å². The molecule has 89 valence electrons. The topological polar surface area (TPSA) is 32.3 Å². The minimum atomic E-state index is -1.54. The average molecular weight is 222 g/mol. The second-order valence-corrected chi connectivity index (χ2v) is 4.50. The van der Waals surface area contributed by atoms with Gasteiger partial charge in [0.15, 0.2) is 0 Å². The molecular formula is C14H22NO. The lowest BCUT2D eigenvalue weighted by atomic mass is 10.0. The summed E-state index contributed by atoms with van der Waals surface area (Å²) in [5.74, 6) is 0.489. The van der Waals surface area contributed by atoms with Crippen LogP contribution in [0.4, 0.5) is 0 Å². The number of aliphatic hydroxyl groups is 1. The van der Waals surface area contributed by atoms with E-state index in [2.05, 4.69) is 19.2 Å². The van der Waals surface area contributed by atoms with Gasteiger partial charge in [-0.15, -0.1) is 0 Å². The second kappa shape index (κ2) is 6.66. The van der Waals surface area contributed by atoms with E-state index in [0.717, 1.165) is 12.1 Å². The summed E-state index contributed by atoms with van der Waals surface area (Å²) in [6.45, 7) is 6.48. The summed E-state index contributed by atoms with van der Waals surface area (Å²) in [4.78, 5) is 0. The molecule has 0 aliphatic heterocycles. The normalized spacial score (nSPS) is 16.2. The molecule has 1 rings (SSSR count). The van der Waals surface area contributed by atoms with E-state index in [-0.39, 0.29) is 0 Å². The lowest BCUT2D eigenvalue weighted by Gasteiger charge is -2.21. The maximum absolute atomic E-state index is 9.82. The van der Waals surface area contributed by atoms with Gasteiger partial charge in [-0.05, 0) is 31.4 Å². The molecule has 0 amide bonds. The number of hydrogen-bond donors (Lipinski definition) is 2. The Morgan fingerprint density at radius 2 is 1.94 bits per heavy atom. The van der Waals surface area contributed by atoms with Crippen molar-refractivity contribution < 1.29 is 6.48 Å². The Labute approximate surface area is 100 Å². The SMILES string of the molecule is [3H][C@@](C)(O)[C](Cc1ccccc1)NCC(C)C. The van der Waals surface area contributed by atoms with Gasteiger partial charge in [-0.1, -0.05) is 44.2 Å².